The number of benzene rings is 2. The molecule has 0 N–H and O–H groups in total. The van der Waals surface area contributed by atoms with Crippen LogP contribution < -0.4 is 0 Å². The van der Waals surface area contributed by atoms with E-state index in [9.17, 15) is 0 Å². The number of thiophene rings is 8. The zero-order valence-electron chi connectivity index (χ0n) is 27.0. The van der Waals surface area contributed by atoms with Gasteiger partial charge in [0.1, 0.15) is 0 Å². The second kappa shape index (κ2) is 13.9. The Morgan fingerprint density at radius 2 is 0.640 bits per heavy atom. The molecule has 0 spiro atoms. The summed E-state index contributed by atoms with van der Waals surface area (Å²) in [7, 11) is 0. The summed E-state index contributed by atoms with van der Waals surface area (Å²) in [5.74, 6) is 0. The molecule has 10 aromatic rings. The van der Waals surface area contributed by atoms with Crippen LogP contribution in [0.1, 0.15) is 13.8 Å². The Bertz CT molecular complexity index is 2490. The minimum Gasteiger partial charge on any atom is -0.143 e. The molecule has 0 atom stereocenters. The summed E-state index contributed by atoms with van der Waals surface area (Å²) in [6, 6.07) is 45.1. The van der Waals surface area contributed by atoms with Gasteiger partial charge in [0.15, 0.2) is 0 Å². The molecule has 244 valence electrons. The second-order valence-corrected chi connectivity index (χ2v) is 19.5. The van der Waals surface area contributed by atoms with Gasteiger partial charge in [-0.15, -0.1) is 90.7 Å². The van der Waals surface area contributed by atoms with E-state index in [-0.39, 0.29) is 0 Å². The molecule has 0 saturated heterocycles. The van der Waals surface area contributed by atoms with Crippen molar-refractivity contribution in [3.8, 4) is 69.7 Å². The summed E-state index contributed by atoms with van der Waals surface area (Å²) in [5.41, 5.74) is 2.74. The van der Waals surface area contributed by atoms with E-state index in [2.05, 4.69) is 132 Å². The molecule has 8 heterocycles. The lowest BCUT2D eigenvalue weighted by Crippen LogP contribution is -1.80. The highest BCUT2D eigenvalue weighted by Gasteiger charge is 2.25. The molecule has 10 rings (SSSR count). The topological polar surface area (TPSA) is 0 Å². The van der Waals surface area contributed by atoms with Gasteiger partial charge in [0.2, 0.25) is 0 Å². The predicted octanol–water partition coefficient (Wildman–Crippen LogP) is 17.2. The standard InChI is InChI=1S/C40H22S8.C2H6/c1-3-9-25-23(7-1)37(39(47-25)35-19-17-33(45-35)31-15-13-29(43-31)27-11-5-21-41-27)38-24-8-2-4-10-26(24)48-40(38)36-20-18-34(46-36)32-16-14-30(44-32)28-12-6-22-42-28;1-2/h1-22H;1-2H3. The Morgan fingerprint density at radius 3 is 1.02 bits per heavy atom. The molecule has 0 aliphatic heterocycles. The monoisotopic (exact) mass is 788 g/mol. The van der Waals surface area contributed by atoms with Crippen molar-refractivity contribution in [1.82, 2.24) is 0 Å². The van der Waals surface area contributed by atoms with E-state index in [0.717, 1.165) is 0 Å². The summed E-state index contributed by atoms with van der Waals surface area (Å²) >= 11 is 15.1. The fourth-order valence-corrected chi connectivity index (χ4v) is 14.7. The Balaban J connectivity index is 0.00000165. The van der Waals surface area contributed by atoms with E-state index < -0.39 is 0 Å². The molecular weight excluding hydrogens is 761 g/mol. The summed E-state index contributed by atoms with van der Waals surface area (Å²) in [5, 5.41) is 6.99. The van der Waals surface area contributed by atoms with Gasteiger partial charge in [0.25, 0.3) is 0 Å². The molecule has 2 aromatic carbocycles. The number of hydrogen-bond acceptors (Lipinski definition) is 8. The molecule has 0 saturated carbocycles. The molecule has 0 unspecified atom stereocenters. The zero-order valence-corrected chi connectivity index (χ0v) is 33.5. The van der Waals surface area contributed by atoms with Crippen LogP contribution in [-0.4, -0.2) is 0 Å². The first-order valence-corrected chi connectivity index (χ1v) is 22.9. The van der Waals surface area contributed by atoms with E-state index in [1.54, 1.807) is 0 Å². The van der Waals surface area contributed by atoms with Gasteiger partial charge in [-0.1, -0.05) is 62.4 Å². The highest BCUT2D eigenvalue weighted by Crippen LogP contribution is 2.55. The molecule has 0 aliphatic rings. The van der Waals surface area contributed by atoms with Crippen molar-refractivity contribution in [2.24, 2.45) is 0 Å². The van der Waals surface area contributed by atoms with Crippen molar-refractivity contribution < 1.29 is 0 Å². The molecule has 0 fully saturated rings. The lowest BCUT2D eigenvalue weighted by molar-refractivity contribution is 1.50. The van der Waals surface area contributed by atoms with Crippen molar-refractivity contribution in [2.75, 3.05) is 0 Å². The van der Waals surface area contributed by atoms with Gasteiger partial charge in [0, 0.05) is 80.1 Å². The molecule has 0 amide bonds. The van der Waals surface area contributed by atoms with Crippen LogP contribution in [-0.2, 0) is 0 Å². The van der Waals surface area contributed by atoms with E-state index in [4.69, 9.17) is 0 Å². The summed E-state index contributed by atoms with van der Waals surface area (Å²) in [6.07, 6.45) is 0. The molecule has 0 radical (unpaired) electrons. The fraction of sp³-hybridized carbons (Fsp3) is 0.0476. The number of hydrogen-bond donors (Lipinski definition) is 0. The van der Waals surface area contributed by atoms with Crippen LogP contribution in [0, 0.1) is 0 Å². The first-order valence-electron chi connectivity index (χ1n) is 16.3. The van der Waals surface area contributed by atoms with Crippen LogP contribution in [0.15, 0.2) is 132 Å². The minimum atomic E-state index is 1.33. The Kier molecular flexibility index (Phi) is 9.05. The highest BCUT2D eigenvalue weighted by atomic mass is 32.1. The third kappa shape index (κ3) is 5.82. The largest absolute Gasteiger partial charge is 0.143 e. The first-order chi connectivity index (χ1) is 24.8. The molecular formula is C42H28S8. The second-order valence-electron chi connectivity index (χ2n) is 11.2. The van der Waals surface area contributed by atoms with Crippen molar-refractivity contribution in [2.45, 2.75) is 13.8 Å². The number of rotatable bonds is 7. The van der Waals surface area contributed by atoms with Crippen LogP contribution in [0.2, 0.25) is 0 Å². The van der Waals surface area contributed by atoms with Gasteiger partial charge >= 0.3 is 0 Å². The third-order valence-electron chi connectivity index (χ3n) is 8.33. The van der Waals surface area contributed by atoms with E-state index in [1.807, 2.05) is 105 Å². The Hall–Kier alpha value is -3.44. The van der Waals surface area contributed by atoms with E-state index in [0.29, 0.717) is 0 Å². The number of fused-ring (bicyclic) bond motifs is 2. The van der Waals surface area contributed by atoms with E-state index >= 15 is 0 Å². The predicted molar refractivity (Wildman–Crippen MR) is 234 cm³/mol. The summed E-state index contributed by atoms with van der Waals surface area (Å²) < 4.78 is 2.67. The lowest BCUT2D eigenvalue weighted by Gasteiger charge is -2.07. The van der Waals surface area contributed by atoms with Crippen molar-refractivity contribution in [1.29, 1.82) is 0 Å². The molecule has 0 nitrogen and oxygen atoms in total. The van der Waals surface area contributed by atoms with Crippen LogP contribution >= 0.6 is 90.7 Å². The molecule has 50 heavy (non-hydrogen) atoms. The maximum atomic E-state index is 2.35. The third-order valence-corrected chi connectivity index (χ3v) is 17.9. The average Bonchev–Trinajstić information content (AvgIpc) is 3.99. The van der Waals surface area contributed by atoms with Gasteiger partial charge in [-0.25, -0.2) is 0 Å². The minimum absolute atomic E-state index is 1.33. The van der Waals surface area contributed by atoms with Gasteiger partial charge in [-0.3, -0.25) is 0 Å². The molecule has 0 aliphatic carbocycles. The van der Waals surface area contributed by atoms with E-state index in [1.165, 1.54) is 89.8 Å². The smallest absolute Gasteiger partial charge is 0.0534 e. The average molecular weight is 789 g/mol. The molecule has 0 bridgehead atoms. The van der Waals surface area contributed by atoms with Crippen LogP contribution in [0.4, 0.5) is 0 Å². The Morgan fingerprint density at radius 1 is 0.300 bits per heavy atom. The maximum absolute atomic E-state index is 2.35. The Labute approximate surface area is 323 Å². The molecule has 8 heteroatoms. The summed E-state index contributed by atoms with van der Waals surface area (Å²) in [6.45, 7) is 4.00. The quantitative estimate of drug-likeness (QED) is 0.151. The van der Waals surface area contributed by atoms with Gasteiger partial charge in [-0.05, 0) is 83.6 Å². The highest BCUT2D eigenvalue weighted by molar-refractivity contribution is 7.31. The van der Waals surface area contributed by atoms with Crippen LogP contribution in [0.3, 0.4) is 0 Å². The summed E-state index contributed by atoms with van der Waals surface area (Å²) in [4.78, 5) is 16.1. The van der Waals surface area contributed by atoms with Crippen molar-refractivity contribution in [3.05, 3.63) is 132 Å². The first kappa shape index (κ1) is 32.5. The van der Waals surface area contributed by atoms with Crippen molar-refractivity contribution >= 4 is 111 Å². The van der Waals surface area contributed by atoms with Gasteiger partial charge in [0.05, 0.1) is 9.75 Å². The van der Waals surface area contributed by atoms with Crippen LogP contribution in [0.5, 0.6) is 0 Å². The van der Waals surface area contributed by atoms with Gasteiger partial charge in [-0.2, -0.15) is 0 Å². The molecule has 8 aromatic heterocycles. The normalized spacial score (nSPS) is 11.4. The fourth-order valence-electron chi connectivity index (χ4n) is 6.16. The SMILES string of the molecule is CC.c1csc(-c2ccc(-c3ccc(-c4sc5ccccc5c4-c4c(-c5ccc(-c6ccc(-c7cccs7)s6)s5)sc5ccccc45)s3)s2)c1. The maximum Gasteiger partial charge on any atom is 0.0534 e. The zero-order chi connectivity index (χ0) is 33.6. The van der Waals surface area contributed by atoms with Crippen LogP contribution in [0.25, 0.3) is 89.8 Å². The van der Waals surface area contributed by atoms with Gasteiger partial charge < -0.3 is 0 Å². The van der Waals surface area contributed by atoms with Crippen molar-refractivity contribution in [3.63, 3.8) is 0 Å². The lowest BCUT2D eigenvalue weighted by atomic mass is 9.97.